The van der Waals surface area contributed by atoms with Crippen molar-refractivity contribution in [2.75, 3.05) is 0 Å². The van der Waals surface area contributed by atoms with E-state index < -0.39 is 0 Å². The fraction of sp³-hybridized carbons (Fsp3) is 0.400. The van der Waals surface area contributed by atoms with E-state index in [2.05, 4.69) is 30.4 Å². The third-order valence-electron chi connectivity index (χ3n) is 5.32. The molecule has 1 fully saturated rings. The Balaban J connectivity index is 1.36. The number of carbonyl (C=O) groups excluding carboxylic acids is 1. The number of hydrogen-bond acceptors (Lipinski definition) is 6. The first kappa shape index (κ1) is 18.2. The maximum Gasteiger partial charge on any atom is 0.255 e. The van der Waals surface area contributed by atoms with Gasteiger partial charge < -0.3 is 5.32 Å². The van der Waals surface area contributed by atoms with Crippen molar-refractivity contribution in [3.8, 4) is 11.3 Å². The molecule has 1 aliphatic carbocycles. The molecule has 8 heteroatoms. The van der Waals surface area contributed by atoms with Crippen LogP contribution in [0, 0.1) is 13.8 Å². The molecule has 4 rings (SSSR count). The SMILES string of the molecule is Cc1ncnc(C)c1C(=O)NC1CCC(n2cc(-c3cnccn3)cn2)CC1. The maximum absolute atomic E-state index is 12.6. The van der Waals surface area contributed by atoms with Crippen LogP contribution in [-0.2, 0) is 0 Å². The van der Waals surface area contributed by atoms with E-state index in [0.717, 1.165) is 36.9 Å². The highest BCUT2D eigenvalue weighted by molar-refractivity contribution is 5.96. The molecule has 28 heavy (non-hydrogen) atoms. The molecule has 0 saturated heterocycles. The van der Waals surface area contributed by atoms with Crippen LogP contribution in [0.3, 0.4) is 0 Å². The zero-order chi connectivity index (χ0) is 19.5. The highest BCUT2D eigenvalue weighted by atomic mass is 16.1. The number of aryl methyl sites for hydroxylation is 2. The van der Waals surface area contributed by atoms with Gasteiger partial charge in [0.1, 0.15) is 6.33 Å². The smallest absolute Gasteiger partial charge is 0.255 e. The van der Waals surface area contributed by atoms with Gasteiger partial charge in [0.15, 0.2) is 0 Å². The molecule has 3 aromatic heterocycles. The van der Waals surface area contributed by atoms with E-state index >= 15 is 0 Å². The molecule has 1 N–H and O–H groups in total. The number of aromatic nitrogens is 6. The molecule has 1 aliphatic rings. The van der Waals surface area contributed by atoms with Crippen LogP contribution in [0.4, 0.5) is 0 Å². The van der Waals surface area contributed by atoms with Gasteiger partial charge in [0.2, 0.25) is 0 Å². The number of nitrogens with zero attached hydrogens (tertiary/aromatic N) is 6. The average molecular weight is 377 g/mol. The topological polar surface area (TPSA) is 98.5 Å². The Morgan fingerprint density at radius 2 is 1.79 bits per heavy atom. The third kappa shape index (κ3) is 3.76. The molecule has 3 heterocycles. The number of nitrogens with one attached hydrogen (secondary N) is 1. The van der Waals surface area contributed by atoms with Crippen LogP contribution in [-0.4, -0.2) is 41.7 Å². The van der Waals surface area contributed by atoms with E-state index in [0.29, 0.717) is 23.0 Å². The Labute approximate surface area is 163 Å². The van der Waals surface area contributed by atoms with Crippen LogP contribution in [0.25, 0.3) is 11.3 Å². The molecule has 0 atom stereocenters. The van der Waals surface area contributed by atoms with Crippen molar-refractivity contribution in [3.05, 3.63) is 54.3 Å². The summed E-state index contributed by atoms with van der Waals surface area (Å²) in [5.74, 6) is -0.0805. The second kappa shape index (κ2) is 7.84. The number of carbonyl (C=O) groups is 1. The molecule has 0 spiro atoms. The summed E-state index contributed by atoms with van der Waals surface area (Å²) < 4.78 is 2.02. The van der Waals surface area contributed by atoms with E-state index in [4.69, 9.17) is 0 Å². The number of rotatable bonds is 4. The lowest BCUT2D eigenvalue weighted by atomic mass is 9.91. The van der Waals surface area contributed by atoms with Crippen LogP contribution in [0.15, 0.2) is 37.3 Å². The summed E-state index contributed by atoms with van der Waals surface area (Å²) in [4.78, 5) is 29.4. The van der Waals surface area contributed by atoms with E-state index in [-0.39, 0.29) is 11.9 Å². The quantitative estimate of drug-likeness (QED) is 0.750. The lowest BCUT2D eigenvalue weighted by Crippen LogP contribution is -2.38. The minimum absolute atomic E-state index is 0.0805. The van der Waals surface area contributed by atoms with Crippen LogP contribution >= 0.6 is 0 Å². The molecule has 3 aromatic rings. The van der Waals surface area contributed by atoms with Gasteiger partial charge in [0.05, 0.1) is 41.1 Å². The van der Waals surface area contributed by atoms with Crippen LogP contribution in [0.1, 0.15) is 53.5 Å². The second-order valence-electron chi connectivity index (χ2n) is 7.20. The molecule has 0 aromatic carbocycles. The molecule has 8 nitrogen and oxygen atoms in total. The highest BCUT2D eigenvalue weighted by Gasteiger charge is 2.25. The molecule has 0 unspecified atom stereocenters. The number of hydrogen-bond donors (Lipinski definition) is 1. The maximum atomic E-state index is 12.6. The van der Waals surface area contributed by atoms with Gasteiger partial charge in [-0.3, -0.25) is 19.4 Å². The standard InChI is InChI=1S/C20H23N7O/c1-13-19(14(2)24-12-23-13)20(28)26-16-3-5-17(6-4-16)27-11-15(9-25-27)18-10-21-7-8-22-18/h7-12,16-17H,3-6H2,1-2H3,(H,26,28). The predicted octanol–water partition coefficient (Wildman–Crippen LogP) is 2.66. The summed E-state index contributed by atoms with van der Waals surface area (Å²) in [5.41, 5.74) is 3.81. The first-order valence-electron chi connectivity index (χ1n) is 9.51. The Morgan fingerprint density at radius 1 is 1.04 bits per heavy atom. The second-order valence-corrected chi connectivity index (χ2v) is 7.20. The average Bonchev–Trinajstić information content (AvgIpc) is 3.19. The largest absolute Gasteiger partial charge is 0.349 e. The zero-order valence-electron chi connectivity index (χ0n) is 16.0. The molecule has 0 radical (unpaired) electrons. The first-order chi connectivity index (χ1) is 13.6. The summed E-state index contributed by atoms with van der Waals surface area (Å²) in [6, 6.07) is 0.500. The van der Waals surface area contributed by atoms with Crippen molar-refractivity contribution in [1.82, 2.24) is 35.0 Å². The first-order valence-corrected chi connectivity index (χ1v) is 9.51. The third-order valence-corrected chi connectivity index (χ3v) is 5.32. The molecular formula is C20H23N7O. The van der Waals surface area contributed by atoms with Crippen molar-refractivity contribution in [3.63, 3.8) is 0 Å². The molecule has 0 bridgehead atoms. The molecule has 0 aliphatic heterocycles. The molecule has 1 saturated carbocycles. The van der Waals surface area contributed by atoms with Crippen LogP contribution in [0.5, 0.6) is 0 Å². The lowest BCUT2D eigenvalue weighted by molar-refractivity contribution is 0.0919. The van der Waals surface area contributed by atoms with Gasteiger partial charge in [-0.2, -0.15) is 5.10 Å². The van der Waals surface area contributed by atoms with Gasteiger partial charge in [0.25, 0.3) is 5.91 Å². The lowest BCUT2D eigenvalue weighted by Gasteiger charge is -2.29. The summed E-state index contributed by atoms with van der Waals surface area (Å²) >= 11 is 0. The summed E-state index contributed by atoms with van der Waals surface area (Å²) in [7, 11) is 0. The molecule has 144 valence electrons. The van der Waals surface area contributed by atoms with E-state index in [1.807, 2.05) is 30.9 Å². The van der Waals surface area contributed by atoms with Crippen molar-refractivity contribution >= 4 is 5.91 Å². The van der Waals surface area contributed by atoms with E-state index in [1.54, 1.807) is 18.6 Å². The van der Waals surface area contributed by atoms with Gasteiger partial charge in [0, 0.05) is 30.2 Å². The Bertz CT molecular complexity index is 941. The van der Waals surface area contributed by atoms with Gasteiger partial charge in [-0.15, -0.1) is 0 Å². The van der Waals surface area contributed by atoms with Gasteiger partial charge in [-0.1, -0.05) is 0 Å². The fourth-order valence-corrected chi connectivity index (χ4v) is 3.78. The molecule has 1 amide bonds. The van der Waals surface area contributed by atoms with Crippen molar-refractivity contribution in [2.24, 2.45) is 0 Å². The van der Waals surface area contributed by atoms with Gasteiger partial charge in [-0.05, 0) is 39.5 Å². The zero-order valence-corrected chi connectivity index (χ0v) is 16.0. The summed E-state index contributed by atoms with van der Waals surface area (Å²) in [6.07, 6.45) is 14.2. The van der Waals surface area contributed by atoms with Crippen LogP contribution < -0.4 is 5.32 Å². The Kier molecular flexibility index (Phi) is 5.10. The van der Waals surface area contributed by atoms with Crippen LogP contribution in [0.2, 0.25) is 0 Å². The van der Waals surface area contributed by atoms with Crippen molar-refractivity contribution in [1.29, 1.82) is 0 Å². The van der Waals surface area contributed by atoms with E-state index in [9.17, 15) is 4.79 Å². The minimum atomic E-state index is -0.0805. The Hall–Kier alpha value is -3.16. The monoisotopic (exact) mass is 377 g/mol. The predicted molar refractivity (Wildman–Crippen MR) is 104 cm³/mol. The van der Waals surface area contributed by atoms with Gasteiger partial charge >= 0.3 is 0 Å². The summed E-state index contributed by atoms with van der Waals surface area (Å²) in [5, 5.41) is 7.67. The van der Waals surface area contributed by atoms with E-state index in [1.165, 1.54) is 6.33 Å². The molecular weight excluding hydrogens is 354 g/mol. The minimum Gasteiger partial charge on any atom is -0.349 e. The highest BCUT2D eigenvalue weighted by Crippen LogP contribution is 2.29. The number of amides is 1. The Morgan fingerprint density at radius 3 is 2.46 bits per heavy atom. The fourth-order valence-electron chi connectivity index (χ4n) is 3.78. The van der Waals surface area contributed by atoms with Crippen molar-refractivity contribution < 1.29 is 4.79 Å². The summed E-state index contributed by atoms with van der Waals surface area (Å²) in [6.45, 7) is 3.68. The van der Waals surface area contributed by atoms with Crippen molar-refractivity contribution in [2.45, 2.75) is 51.6 Å². The van der Waals surface area contributed by atoms with Gasteiger partial charge in [-0.25, -0.2) is 9.97 Å². The normalized spacial score (nSPS) is 19.4.